The number of ether oxygens (including phenoxy) is 2. The molecule has 0 saturated carbocycles. The van der Waals surface area contributed by atoms with Gasteiger partial charge in [0.15, 0.2) is 11.5 Å². The summed E-state index contributed by atoms with van der Waals surface area (Å²) >= 11 is 0. The summed E-state index contributed by atoms with van der Waals surface area (Å²) in [5, 5.41) is 12.7. The zero-order chi connectivity index (χ0) is 14.2. The lowest BCUT2D eigenvalue weighted by Crippen LogP contribution is -2.20. The van der Waals surface area contributed by atoms with Crippen LogP contribution in [0.15, 0.2) is 24.7 Å². The fraction of sp³-hybridized carbons (Fsp3) is 0.429. The number of aromatic nitrogens is 2. The van der Waals surface area contributed by atoms with Crippen LogP contribution in [0.25, 0.3) is 10.9 Å². The number of fused-ring (bicyclic) bond motifs is 1. The molecule has 1 heterocycles. The van der Waals surface area contributed by atoms with E-state index in [0.29, 0.717) is 24.7 Å². The van der Waals surface area contributed by atoms with E-state index in [-0.39, 0.29) is 6.61 Å². The van der Waals surface area contributed by atoms with Crippen molar-refractivity contribution in [3.05, 3.63) is 24.7 Å². The Bertz CT molecular complexity index is 548. The zero-order valence-corrected chi connectivity index (χ0v) is 11.5. The molecule has 108 valence electrons. The molecule has 0 aliphatic carbocycles. The van der Waals surface area contributed by atoms with Crippen molar-refractivity contribution in [1.82, 2.24) is 15.3 Å². The van der Waals surface area contributed by atoms with Gasteiger partial charge in [-0.25, -0.2) is 9.97 Å². The summed E-state index contributed by atoms with van der Waals surface area (Å²) in [5.74, 6) is 1.36. The Hall–Kier alpha value is -1.92. The Labute approximate surface area is 117 Å². The SMILES string of the molecule is COc1cc2cncnc2cc1OCCCNCCO. The fourth-order valence-electron chi connectivity index (χ4n) is 1.84. The van der Waals surface area contributed by atoms with Crippen LogP contribution < -0.4 is 14.8 Å². The lowest BCUT2D eigenvalue weighted by Gasteiger charge is -2.11. The Morgan fingerprint density at radius 1 is 1.25 bits per heavy atom. The Kier molecular flexibility index (Phi) is 5.52. The van der Waals surface area contributed by atoms with Crippen LogP contribution in [0.5, 0.6) is 11.5 Å². The number of aliphatic hydroxyl groups is 1. The molecule has 2 N–H and O–H groups in total. The molecule has 20 heavy (non-hydrogen) atoms. The van der Waals surface area contributed by atoms with E-state index in [0.717, 1.165) is 23.9 Å². The molecule has 0 unspecified atom stereocenters. The van der Waals surface area contributed by atoms with Crippen LogP contribution in [0.3, 0.4) is 0 Å². The molecule has 0 atom stereocenters. The van der Waals surface area contributed by atoms with E-state index in [4.69, 9.17) is 14.6 Å². The monoisotopic (exact) mass is 277 g/mol. The maximum absolute atomic E-state index is 8.65. The minimum absolute atomic E-state index is 0.152. The van der Waals surface area contributed by atoms with Crippen molar-refractivity contribution in [3.8, 4) is 11.5 Å². The van der Waals surface area contributed by atoms with E-state index in [2.05, 4.69) is 15.3 Å². The third kappa shape index (κ3) is 3.79. The summed E-state index contributed by atoms with van der Waals surface area (Å²) < 4.78 is 11.0. The predicted octanol–water partition coefficient (Wildman–Crippen LogP) is 0.989. The van der Waals surface area contributed by atoms with Gasteiger partial charge in [-0.05, 0) is 19.0 Å². The van der Waals surface area contributed by atoms with E-state index in [1.165, 1.54) is 6.33 Å². The molecule has 0 fully saturated rings. The average molecular weight is 277 g/mol. The van der Waals surface area contributed by atoms with Gasteiger partial charge in [-0.2, -0.15) is 0 Å². The molecule has 2 aromatic rings. The van der Waals surface area contributed by atoms with E-state index in [9.17, 15) is 0 Å². The van der Waals surface area contributed by atoms with Gasteiger partial charge in [0.2, 0.25) is 0 Å². The summed E-state index contributed by atoms with van der Waals surface area (Å²) in [5.41, 5.74) is 0.828. The first kappa shape index (κ1) is 14.5. The normalized spacial score (nSPS) is 10.7. The van der Waals surface area contributed by atoms with Gasteiger partial charge in [-0.15, -0.1) is 0 Å². The number of benzene rings is 1. The average Bonchev–Trinajstić information content (AvgIpc) is 2.50. The molecule has 6 heteroatoms. The molecule has 2 rings (SSSR count). The highest BCUT2D eigenvalue weighted by atomic mass is 16.5. The molecule has 0 amide bonds. The van der Waals surface area contributed by atoms with E-state index >= 15 is 0 Å². The number of rotatable bonds is 8. The molecule has 0 spiro atoms. The van der Waals surface area contributed by atoms with Crippen molar-refractivity contribution in [3.63, 3.8) is 0 Å². The molecule has 0 aliphatic rings. The van der Waals surface area contributed by atoms with Crippen LogP contribution in [0.2, 0.25) is 0 Å². The van der Waals surface area contributed by atoms with E-state index in [1.54, 1.807) is 13.3 Å². The lowest BCUT2D eigenvalue weighted by atomic mass is 10.2. The van der Waals surface area contributed by atoms with Crippen LogP contribution >= 0.6 is 0 Å². The molecular formula is C14H19N3O3. The van der Waals surface area contributed by atoms with Gasteiger partial charge < -0.3 is 19.9 Å². The molecule has 0 bridgehead atoms. The maximum Gasteiger partial charge on any atom is 0.163 e. The van der Waals surface area contributed by atoms with Crippen LogP contribution in [0, 0.1) is 0 Å². The first-order chi connectivity index (χ1) is 9.85. The number of methoxy groups -OCH3 is 1. The van der Waals surface area contributed by atoms with Crippen molar-refractivity contribution in [2.45, 2.75) is 6.42 Å². The highest BCUT2D eigenvalue weighted by Gasteiger charge is 2.07. The summed E-state index contributed by atoms with van der Waals surface area (Å²) in [4.78, 5) is 8.18. The van der Waals surface area contributed by atoms with Gasteiger partial charge >= 0.3 is 0 Å². The number of hydrogen-bond acceptors (Lipinski definition) is 6. The molecular weight excluding hydrogens is 258 g/mol. The Morgan fingerprint density at radius 2 is 2.15 bits per heavy atom. The molecule has 1 aromatic carbocycles. The van der Waals surface area contributed by atoms with Gasteiger partial charge in [0, 0.05) is 24.2 Å². The number of aliphatic hydroxyl groups excluding tert-OH is 1. The summed E-state index contributed by atoms with van der Waals surface area (Å²) in [7, 11) is 1.61. The van der Waals surface area contributed by atoms with Crippen LogP contribution in [0.4, 0.5) is 0 Å². The summed E-state index contributed by atoms with van der Waals surface area (Å²) in [6.45, 7) is 2.14. The fourth-order valence-corrected chi connectivity index (χ4v) is 1.84. The van der Waals surface area contributed by atoms with Gasteiger partial charge in [-0.3, -0.25) is 0 Å². The first-order valence-electron chi connectivity index (χ1n) is 6.57. The molecule has 0 radical (unpaired) electrons. The van der Waals surface area contributed by atoms with Crippen LogP contribution in [-0.2, 0) is 0 Å². The Balaban J connectivity index is 1.97. The summed E-state index contributed by atoms with van der Waals surface area (Å²) in [6, 6.07) is 3.73. The molecule has 0 saturated heterocycles. The molecule has 6 nitrogen and oxygen atoms in total. The number of hydrogen-bond donors (Lipinski definition) is 2. The minimum Gasteiger partial charge on any atom is -0.493 e. The highest BCUT2D eigenvalue weighted by Crippen LogP contribution is 2.31. The molecule has 1 aromatic heterocycles. The van der Waals surface area contributed by atoms with Crippen LogP contribution in [0.1, 0.15) is 6.42 Å². The summed E-state index contributed by atoms with van der Waals surface area (Å²) in [6.07, 6.45) is 4.11. The smallest absolute Gasteiger partial charge is 0.163 e. The second-order valence-corrected chi connectivity index (χ2v) is 4.26. The largest absolute Gasteiger partial charge is 0.493 e. The zero-order valence-electron chi connectivity index (χ0n) is 11.5. The predicted molar refractivity (Wildman–Crippen MR) is 76.2 cm³/mol. The minimum atomic E-state index is 0.152. The standard InChI is InChI=1S/C14H19N3O3/c1-19-13-7-11-9-16-10-17-12(11)8-14(13)20-6-2-3-15-4-5-18/h7-10,15,18H,2-6H2,1H3. The second-order valence-electron chi connectivity index (χ2n) is 4.26. The van der Waals surface area contributed by atoms with Crippen molar-refractivity contribution in [1.29, 1.82) is 0 Å². The lowest BCUT2D eigenvalue weighted by molar-refractivity contribution is 0.275. The van der Waals surface area contributed by atoms with Crippen molar-refractivity contribution in [2.24, 2.45) is 0 Å². The van der Waals surface area contributed by atoms with E-state index in [1.807, 2.05) is 12.1 Å². The van der Waals surface area contributed by atoms with E-state index < -0.39 is 0 Å². The Morgan fingerprint density at radius 3 is 2.95 bits per heavy atom. The van der Waals surface area contributed by atoms with Gasteiger partial charge in [0.25, 0.3) is 0 Å². The van der Waals surface area contributed by atoms with Gasteiger partial charge in [-0.1, -0.05) is 0 Å². The highest BCUT2D eigenvalue weighted by molar-refractivity contribution is 5.81. The van der Waals surface area contributed by atoms with Crippen molar-refractivity contribution < 1.29 is 14.6 Å². The van der Waals surface area contributed by atoms with Gasteiger partial charge in [0.05, 0.1) is 25.8 Å². The first-order valence-corrected chi connectivity index (χ1v) is 6.57. The topological polar surface area (TPSA) is 76.5 Å². The van der Waals surface area contributed by atoms with Crippen LogP contribution in [-0.4, -0.2) is 48.5 Å². The quantitative estimate of drug-likeness (QED) is 0.701. The van der Waals surface area contributed by atoms with Crippen molar-refractivity contribution in [2.75, 3.05) is 33.4 Å². The number of nitrogens with zero attached hydrogens (tertiary/aromatic N) is 2. The maximum atomic E-state index is 8.65. The third-order valence-corrected chi connectivity index (χ3v) is 2.83. The number of nitrogens with one attached hydrogen (secondary N) is 1. The third-order valence-electron chi connectivity index (χ3n) is 2.83. The van der Waals surface area contributed by atoms with Gasteiger partial charge in [0.1, 0.15) is 6.33 Å². The molecule has 0 aliphatic heterocycles. The van der Waals surface area contributed by atoms with Crippen molar-refractivity contribution >= 4 is 10.9 Å². The second kappa shape index (κ2) is 7.62.